The minimum atomic E-state index is -0.901. The maximum absolute atomic E-state index is 13.0. The molecule has 0 aliphatic heterocycles. The minimum Gasteiger partial charge on any atom is -0.325 e. The first-order chi connectivity index (χ1) is 7.70. The highest BCUT2D eigenvalue weighted by Crippen LogP contribution is 2.18. The SMILES string of the molecule is NCc1ccc(-c2ccc(F)c(F)c2)nn1. The smallest absolute Gasteiger partial charge is 0.159 e. The third-order valence-corrected chi connectivity index (χ3v) is 2.14. The maximum Gasteiger partial charge on any atom is 0.159 e. The number of aromatic nitrogens is 2. The van der Waals surface area contributed by atoms with E-state index in [9.17, 15) is 8.78 Å². The number of nitrogens with zero attached hydrogens (tertiary/aromatic N) is 2. The normalized spacial score (nSPS) is 10.4. The number of halogens is 2. The van der Waals surface area contributed by atoms with Gasteiger partial charge < -0.3 is 5.73 Å². The van der Waals surface area contributed by atoms with Crippen LogP contribution < -0.4 is 5.73 Å². The van der Waals surface area contributed by atoms with Crippen LogP contribution in [0.15, 0.2) is 30.3 Å². The van der Waals surface area contributed by atoms with Gasteiger partial charge >= 0.3 is 0 Å². The topological polar surface area (TPSA) is 51.8 Å². The van der Waals surface area contributed by atoms with Gasteiger partial charge in [-0.2, -0.15) is 10.2 Å². The van der Waals surface area contributed by atoms with Crippen LogP contribution in [0.1, 0.15) is 5.69 Å². The molecule has 0 saturated carbocycles. The molecule has 3 nitrogen and oxygen atoms in total. The van der Waals surface area contributed by atoms with Crippen molar-refractivity contribution >= 4 is 0 Å². The van der Waals surface area contributed by atoms with Gasteiger partial charge in [0.05, 0.1) is 11.4 Å². The highest BCUT2D eigenvalue weighted by atomic mass is 19.2. The van der Waals surface area contributed by atoms with Crippen LogP contribution >= 0.6 is 0 Å². The molecule has 0 aliphatic carbocycles. The molecule has 0 saturated heterocycles. The zero-order chi connectivity index (χ0) is 11.5. The first-order valence-electron chi connectivity index (χ1n) is 4.69. The molecule has 2 rings (SSSR count). The van der Waals surface area contributed by atoms with Gasteiger partial charge in [0.2, 0.25) is 0 Å². The summed E-state index contributed by atoms with van der Waals surface area (Å²) in [4.78, 5) is 0. The second-order valence-electron chi connectivity index (χ2n) is 3.24. The van der Waals surface area contributed by atoms with Gasteiger partial charge in [0.25, 0.3) is 0 Å². The lowest BCUT2D eigenvalue weighted by molar-refractivity contribution is 0.509. The number of nitrogens with two attached hydrogens (primary N) is 1. The van der Waals surface area contributed by atoms with Crippen molar-refractivity contribution < 1.29 is 8.78 Å². The molecule has 0 bridgehead atoms. The standard InChI is InChI=1S/C11H9F2N3/c12-9-3-1-7(5-10(9)13)11-4-2-8(6-14)15-16-11/h1-5H,6,14H2. The predicted octanol–water partition coefficient (Wildman–Crippen LogP) is 1.88. The minimum absolute atomic E-state index is 0.297. The van der Waals surface area contributed by atoms with Crippen molar-refractivity contribution in [2.75, 3.05) is 0 Å². The van der Waals surface area contributed by atoms with Crippen LogP contribution in [0.25, 0.3) is 11.3 Å². The first kappa shape index (κ1) is 10.6. The molecule has 0 amide bonds. The lowest BCUT2D eigenvalue weighted by Gasteiger charge is -2.01. The molecule has 0 unspecified atom stereocenters. The van der Waals surface area contributed by atoms with Crippen molar-refractivity contribution in [1.82, 2.24) is 10.2 Å². The first-order valence-corrected chi connectivity index (χ1v) is 4.69. The van der Waals surface area contributed by atoms with Gasteiger partial charge in [0, 0.05) is 12.1 Å². The lowest BCUT2D eigenvalue weighted by atomic mass is 10.1. The van der Waals surface area contributed by atoms with E-state index < -0.39 is 11.6 Å². The molecule has 2 aromatic rings. The fourth-order valence-electron chi connectivity index (χ4n) is 1.28. The molecule has 5 heteroatoms. The van der Waals surface area contributed by atoms with Crippen LogP contribution in [0.4, 0.5) is 8.78 Å². The monoisotopic (exact) mass is 221 g/mol. The maximum atomic E-state index is 13.0. The third-order valence-electron chi connectivity index (χ3n) is 2.14. The number of hydrogen-bond acceptors (Lipinski definition) is 3. The number of rotatable bonds is 2. The van der Waals surface area contributed by atoms with E-state index in [1.54, 1.807) is 12.1 Å². The molecule has 0 radical (unpaired) electrons. The number of hydrogen-bond donors (Lipinski definition) is 1. The highest BCUT2D eigenvalue weighted by Gasteiger charge is 2.05. The van der Waals surface area contributed by atoms with Crippen molar-refractivity contribution in [3.63, 3.8) is 0 Å². The second kappa shape index (κ2) is 4.32. The van der Waals surface area contributed by atoms with E-state index in [1.807, 2.05) is 0 Å². The summed E-state index contributed by atoms with van der Waals surface area (Å²) in [5.41, 5.74) is 6.98. The molecule has 0 atom stereocenters. The van der Waals surface area contributed by atoms with Gasteiger partial charge in [0.15, 0.2) is 11.6 Å². The van der Waals surface area contributed by atoms with E-state index in [1.165, 1.54) is 6.07 Å². The highest BCUT2D eigenvalue weighted by molar-refractivity contribution is 5.58. The summed E-state index contributed by atoms with van der Waals surface area (Å²) in [5.74, 6) is -1.78. The van der Waals surface area contributed by atoms with Gasteiger partial charge in [0.1, 0.15) is 0 Å². The van der Waals surface area contributed by atoms with Crippen LogP contribution in [0.3, 0.4) is 0 Å². The summed E-state index contributed by atoms with van der Waals surface area (Å²) < 4.78 is 25.7. The summed E-state index contributed by atoms with van der Waals surface area (Å²) in [5, 5.41) is 7.71. The Morgan fingerprint density at radius 1 is 1.00 bits per heavy atom. The average molecular weight is 221 g/mol. The summed E-state index contributed by atoms with van der Waals surface area (Å²) in [6, 6.07) is 6.96. The second-order valence-corrected chi connectivity index (χ2v) is 3.24. The van der Waals surface area contributed by atoms with Crippen LogP contribution in [-0.4, -0.2) is 10.2 Å². The molecule has 0 aliphatic rings. The largest absolute Gasteiger partial charge is 0.325 e. The zero-order valence-corrected chi connectivity index (χ0v) is 8.32. The number of benzene rings is 1. The third kappa shape index (κ3) is 2.04. The fourth-order valence-corrected chi connectivity index (χ4v) is 1.28. The Kier molecular flexibility index (Phi) is 2.87. The van der Waals surface area contributed by atoms with E-state index >= 15 is 0 Å². The molecule has 16 heavy (non-hydrogen) atoms. The summed E-state index contributed by atoms with van der Waals surface area (Å²) in [7, 11) is 0. The van der Waals surface area contributed by atoms with Crippen LogP contribution in [0, 0.1) is 11.6 Å². The Bertz CT molecular complexity index is 497. The molecule has 1 aromatic carbocycles. The van der Waals surface area contributed by atoms with E-state index in [0.29, 0.717) is 23.5 Å². The van der Waals surface area contributed by atoms with Gasteiger partial charge in [-0.3, -0.25) is 0 Å². The van der Waals surface area contributed by atoms with Crippen molar-refractivity contribution in [2.24, 2.45) is 5.73 Å². The van der Waals surface area contributed by atoms with Crippen LogP contribution in [0.5, 0.6) is 0 Å². The van der Waals surface area contributed by atoms with E-state index in [-0.39, 0.29) is 0 Å². The van der Waals surface area contributed by atoms with Crippen molar-refractivity contribution in [3.8, 4) is 11.3 Å². The fraction of sp³-hybridized carbons (Fsp3) is 0.0909. The van der Waals surface area contributed by atoms with Gasteiger partial charge in [-0.15, -0.1) is 0 Å². The van der Waals surface area contributed by atoms with Crippen molar-refractivity contribution in [1.29, 1.82) is 0 Å². The summed E-state index contributed by atoms with van der Waals surface area (Å²) >= 11 is 0. The molecular weight excluding hydrogens is 212 g/mol. The quantitative estimate of drug-likeness (QED) is 0.842. The van der Waals surface area contributed by atoms with Crippen LogP contribution in [0.2, 0.25) is 0 Å². The lowest BCUT2D eigenvalue weighted by Crippen LogP contribution is -2.01. The molecule has 1 aromatic heterocycles. The molecule has 1 heterocycles. The summed E-state index contributed by atoms with van der Waals surface area (Å²) in [6.45, 7) is 0.297. The molecule has 0 spiro atoms. The Labute approximate surface area is 90.9 Å². The van der Waals surface area contributed by atoms with Gasteiger partial charge in [-0.1, -0.05) is 0 Å². The average Bonchev–Trinajstić information content (AvgIpc) is 2.33. The Hall–Kier alpha value is -1.88. The van der Waals surface area contributed by atoms with Crippen molar-refractivity contribution in [2.45, 2.75) is 6.54 Å². The van der Waals surface area contributed by atoms with Crippen molar-refractivity contribution in [3.05, 3.63) is 47.7 Å². The Balaban J connectivity index is 2.38. The molecule has 2 N–H and O–H groups in total. The molecular formula is C11H9F2N3. The summed E-state index contributed by atoms with van der Waals surface area (Å²) in [6.07, 6.45) is 0. The van der Waals surface area contributed by atoms with E-state index in [2.05, 4.69) is 10.2 Å². The Morgan fingerprint density at radius 3 is 2.38 bits per heavy atom. The van der Waals surface area contributed by atoms with Gasteiger partial charge in [-0.05, 0) is 30.3 Å². The Morgan fingerprint density at radius 2 is 1.81 bits per heavy atom. The van der Waals surface area contributed by atoms with E-state index in [4.69, 9.17) is 5.73 Å². The van der Waals surface area contributed by atoms with Gasteiger partial charge in [-0.25, -0.2) is 8.78 Å². The van der Waals surface area contributed by atoms with E-state index in [0.717, 1.165) is 12.1 Å². The van der Waals surface area contributed by atoms with Crippen LogP contribution in [-0.2, 0) is 6.54 Å². The molecule has 82 valence electrons. The zero-order valence-electron chi connectivity index (χ0n) is 8.32. The predicted molar refractivity (Wildman–Crippen MR) is 55.3 cm³/mol. The molecule has 0 fully saturated rings.